The number of aromatic nitrogens is 3. The molecular formula is C3H5N5. The Morgan fingerprint density at radius 3 is 1.88 bits per heavy atom. The molecule has 5 nitrogen and oxygen atoms in total. The van der Waals surface area contributed by atoms with Gasteiger partial charge in [0.2, 0.25) is 11.9 Å². The van der Waals surface area contributed by atoms with Crippen LogP contribution in [-0.4, -0.2) is 15.0 Å². The average molecular weight is 113 g/mol. The summed E-state index contributed by atoms with van der Waals surface area (Å²) in [6.45, 7) is 0. The molecule has 0 spiro atoms. The Morgan fingerprint density at radius 2 is 1.62 bits per heavy atom. The van der Waals surface area contributed by atoms with Crippen LogP contribution in [-0.2, 0) is 0 Å². The van der Waals surface area contributed by atoms with Crippen LogP contribution < -0.4 is 11.5 Å². The summed E-state index contributed by atoms with van der Waals surface area (Å²) in [6.07, 6.45) is 1.26. The predicted octanol–water partition coefficient (Wildman–Crippen LogP) is -0.964. The van der Waals surface area contributed by atoms with Crippen LogP contribution in [0.1, 0.15) is 0 Å². The van der Waals surface area contributed by atoms with Crippen molar-refractivity contribution in [2.75, 3.05) is 11.5 Å². The maximum absolute atomic E-state index is 5.12. The molecule has 1 aromatic heterocycles. The summed E-state index contributed by atoms with van der Waals surface area (Å²) in [5.41, 5.74) is 10.2. The van der Waals surface area contributed by atoms with E-state index in [0.29, 0.717) is 0 Å². The van der Waals surface area contributed by atoms with Crippen molar-refractivity contribution in [3.63, 3.8) is 0 Å². The van der Waals surface area contributed by atoms with Crippen LogP contribution in [0.25, 0.3) is 0 Å². The number of nitrogens with zero attached hydrogens (tertiary/aromatic N) is 3. The van der Waals surface area contributed by atoms with Gasteiger partial charge >= 0.3 is 0 Å². The van der Waals surface area contributed by atoms with Gasteiger partial charge < -0.3 is 11.5 Å². The topological polar surface area (TPSA) is 90.7 Å². The van der Waals surface area contributed by atoms with Crippen molar-refractivity contribution in [1.82, 2.24) is 15.0 Å². The third kappa shape index (κ3) is 0.810. The molecule has 1 aromatic rings. The highest BCUT2D eigenvalue weighted by Crippen LogP contribution is 1.88. The molecule has 0 aliphatic carbocycles. The second-order valence-corrected chi connectivity index (χ2v) is 1.20. The summed E-state index contributed by atoms with van der Waals surface area (Å²) in [4.78, 5) is 10.5. The predicted molar refractivity (Wildman–Crippen MR) is 28.7 cm³/mol. The average Bonchev–Trinajstić information content (AvgIpc) is 1.64. The zero-order chi connectivity index (χ0) is 5.98. The summed E-state index contributed by atoms with van der Waals surface area (Å²) in [5, 5.41) is 0. The monoisotopic (exact) mass is 113 g/mol. The van der Waals surface area contributed by atoms with Gasteiger partial charge in [-0.2, -0.15) is 4.98 Å². The maximum atomic E-state index is 5.12. The molecule has 0 fully saturated rings. The van der Waals surface area contributed by atoms with E-state index in [4.69, 9.17) is 11.5 Å². The first kappa shape index (κ1) is 4.76. The van der Waals surface area contributed by atoms with Crippen molar-refractivity contribution in [1.29, 1.82) is 0 Å². The molecule has 0 saturated heterocycles. The Labute approximate surface area is 45.8 Å². The normalized spacial score (nSPS) is 9.00. The standard InChI is InChI=1S/C3H5N5/c4-2-6-1-7-3(5)8-2/h1H,(H4,4,5,6,7,8)/i4+1,5+1. The fraction of sp³-hybridized carbons (Fsp3) is 0. The summed E-state index contributed by atoms with van der Waals surface area (Å²) in [5.74, 6) is 0.301. The second-order valence-electron chi connectivity index (χ2n) is 1.20. The van der Waals surface area contributed by atoms with Crippen LogP contribution in [0.15, 0.2) is 6.33 Å². The van der Waals surface area contributed by atoms with Crippen molar-refractivity contribution >= 4 is 11.9 Å². The zero-order valence-corrected chi connectivity index (χ0v) is 4.07. The second kappa shape index (κ2) is 1.61. The molecule has 42 valence electrons. The molecule has 0 aliphatic heterocycles. The molecule has 8 heavy (non-hydrogen) atoms. The van der Waals surface area contributed by atoms with E-state index < -0.39 is 0 Å². The van der Waals surface area contributed by atoms with Crippen LogP contribution in [0.3, 0.4) is 0 Å². The molecule has 0 atom stereocenters. The van der Waals surface area contributed by atoms with Gasteiger partial charge in [-0.15, -0.1) is 0 Å². The van der Waals surface area contributed by atoms with Crippen molar-refractivity contribution in [3.8, 4) is 0 Å². The van der Waals surface area contributed by atoms with E-state index in [1.165, 1.54) is 6.33 Å². The minimum atomic E-state index is 0.150. The summed E-state index contributed by atoms with van der Waals surface area (Å²) in [6, 6.07) is 0. The third-order valence-corrected chi connectivity index (χ3v) is 0.609. The van der Waals surface area contributed by atoms with Crippen molar-refractivity contribution in [2.24, 2.45) is 0 Å². The molecule has 0 bridgehead atoms. The maximum Gasteiger partial charge on any atom is 0.224 e. The van der Waals surface area contributed by atoms with Gasteiger partial charge in [-0.05, 0) is 0 Å². The highest BCUT2D eigenvalue weighted by atomic mass is 15.5. The van der Waals surface area contributed by atoms with Gasteiger partial charge in [-0.25, -0.2) is 9.97 Å². The van der Waals surface area contributed by atoms with Gasteiger partial charge in [0.05, 0.1) is 0 Å². The Morgan fingerprint density at radius 1 is 1.12 bits per heavy atom. The van der Waals surface area contributed by atoms with Gasteiger partial charge in [0.15, 0.2) is 0 Å². The van der Waals surface area contributed by atoms with E-state index >= 15 is 0 Å². The molecule has 0 radical (unpaired) electrons. The SMILES string of the molecule is [15NH2]c1ncnc([15NH2])n1. The fourth-order valence-corrected chi connectivity index (χ4v) is 0.322. The number of rotatable bonds is 0. The van der Waals surface area contributed by atoms with Gasteiger partial charge in [0.25, 0.3) is 0 Å². The lowest BCUT2D eigenvalue weighted by Gasteiger charge is -1.88. The van der Waals surface area contributed by atoms with E-state index in [1.54, 1.807) is 0 Å². The molecule has 0 aromatic carbocycles. The Hall–Kier alpha value is -1.39. The van der Waals surface area contributed by atoms with Crippen molar-refractivity contribution in [2.45, 2.75) is 0 Å². The van der Waals surface area contributed by atoms with Gasteiger partial charge in [-0.3, -0.25) is 0 Å². The van der Waals surface area contributed by atoms with E-state index in [1.807, 2.05) is 0 Å². The molecule has 1 heterocycles. The molecule has 5 heteroatoms. The molecule has 0 unspecified atom stereocenters. The molecule has 0 saturated carbocycles. The first-order valence-electron chi connectivity index (χ1n) is 1.99. The van der Waals surface area contributed by atoms with Crippen LogP contribution in [0, 0.1) is 0 Å². The lowest BCUT2D eigenvalue weighted by atomic mass is 11.0. The number of hydrogen-bond donors (Lipinski definition) is 2. The van der Waals surface area contributed by atoms with Crippen molar-refractivity contribution < 1.29 is 0 Å². The molecule has 0 amide bonds. The summed E-state index contributed by atoms with van der Waals surface area (Å²) >= 11 is 0. The zero-order valence-electron chi connectivity index (χ0n) is 4.07. The highest BCUT2D eigenvalue weighted by molar-refractivity contribution is 5.22. The van der Waals surface area contributed by atoms with Crippen LogP contribution in [0.4, 0.5) is 11.9 Å². The largest absolute Gasteiger partial charge is 0.368 e. The third-order valence-electron chi connectivity index (χ3n) is 0.609. The number of nitrogen functional groups attached to an aromatic ring is 2. The lowest BCUT2D eigenvalue weighted by molar-refractivity contribution is 1.08. The van der Waals surface area contributed by atoms with E-state index in [-0.39, 0.29) is 11.9 Å². The fourth-order valence-electron chi connectivity index (χ4n) is 0.322. The number of nitrogens with two attached hydrogens (primary N) is 2. The summed E-state index contributed by atoms with van der Waals surface area (Å²) in [7, 11) is 0. The van der Waals surface area contributed by atoms with E-state index in [2.05, 4.69) is 15.0 Å². The van der Waals surface area contributed by atoms with Gasteiger partial charge in [-0.1, -0.05) is 0 Å². The minimum Gasteiger partial charge on any atom is -0.368 e. The van der Waals surface area contributed by atoms with Crippen molar-refractivity contribution in [3.05, 3.63) is 6.33 Å². The molecule has 4 N–H and O–H groups in total. The van der Waals surface area contributed by atoms with Crippen LogP contribution in [0.2, 0.25) is 0 Å². The number of hydrogen-bond acceptors (Lipinski definition) is 5. The molecule has 1 rings (SSSR count). The first-order chi connectivity index (χ1) is 3.79. The summed E-state index contributed by atoms with van der Waals surface area (Å²) < 4.78 is 0. The Balaban J connectivity index is 3.08. The lowest BCUT2D eigenvalue weighted by Crippen LogP contribution is -2.00. The van der Waals surface area contributed by atoms with Gasteiger partial charge in [0.1, 0.15) is 6.33 Å². The quantitative estimate of drug-likeness (QED) is 0.422. The number of anilines is 2. The Kier molecular flexibility index (Phi) is 0.957. The smallest absolute Gasteiger partial charge is 0.224 e. The minimum absolute atomic E-state index is 0.150. The molecular weight excluding hydrogens is 108 g/mol. The first-order valence-corrected chi connectivity index (χ1v) is 1.99. The molecule has 0 aliphatic rings. The Bertz CT molecular complexity index is 168. The van der Waals surface area contributed by atoms with Gasteiger partial charge in [0, 0.05) is 0 Å². The van der Waals surface area contributed by atoms with E-state index in [9.17, 15) is 0 Å². The van der Waals surface area contributed by atoms with E-state index in [0.717, 1.165) is 0 Å². The highest BCUT2D eigenvalue weighted by Gasteiger charge is 1.86. The van der Waals surface area contributed by atoms with Crippen LogP contribution >= 0.6 is 0 Å². The van der Waals surface area contributed by atoms with Crippen LogP contribution in [0.5, 0.6) is 0 Å².